The van der Waals surface area contributed by atoms with E-state index < -0.39 is 11.5 Å². The molecule has 0 aliphatic heterocycles. The Hall–Kier alpha value is -2.15. The first-order valence-electron chi connectivity index (χ1n) is 7.65. The molecule has 2 N–H and O–H groups in total. The highest BCUT2D eigenvalue weighted by Crippen LogP contribution is 2.34. The number of aliphatic carboxylic acids is 1. The van der Waals surface area contributed by atoms with Crippen LogP contribution in [0.25, 0.3) is 10.6 Å². The molecule has 3 rings (SSSR count). The number of carboxylic acid groups (broad SMARTS) is 1. The van der Waals surface area contributed by atoms with Crippen LogP contribution < -0.4 is 0 Å². The molecule has 1 saturated carbocycles. The van der Waals surface area contributed by atoms with Gasteiger partial charge < -0.3 is 10.0 Å². The number of rotatable bonds is 4. The lowest BCUT2D eigenvalue weighted by molar-refractivity contribution is -0.151. The van der Waals surface area contributed by atoms with Crippen LogP contribution in [0.1, 0.15) is 42.6 Å². The third-order valence-corrected chi connectivity index (χ3v) is 5.51. The number of H-pyrrole nitrogens is 1. The number of hydrogen-bond donors (Lipinski definition) is 2. The van der Waals surface area contributed by atoms with Crippen molar-refractivity contribution >= 4 is 23.2 Å². The van der Waals surface area contributed by atoms with Crippen molar-refractivity contribution in [3.05, 3.63) is 29.3 Å². The molecule has 0 unspecified atom stereocenters. The van der Waals surface area contributed by atoms with E-state index in [1.54, 1.807) is 24.5 Å². The predicted molar refractivity (Wildman–Crippen MR) is 87.4 cm³/mol. The van der Waals surface area contributed by atoms with Crippen LogP contribution in [0.4, 0.5) is 0 Å². The monoisotopic (exact) mass is 333 g/mol. The van der Waals surface area contributed by atoms with Gasteiger partial charge in [0.1, 0.15) is 5.54 Å². The Morgan fingerprint density at radius 1 is 1.35 bits per heavy atom. The molecule has 2 aromatic rings. The minimum atomic E-state index is -1.11. The second kappa shape index (κ2) is 6.16. The molecule has 2 aromatic heterocycles. The van der Waals surface area contributed by atoms with E-state index >= 15 is 0 Å². The number of aromatic amines is 1. The van der Waals surface area contributed by atoms with E-state index in [1.165, 1.54) is 4.90 Å². The molecule has 0 radical (unpaired) electrons. The number of amides is 1. The summed E-state index contributed by atoms with van der Waals surface area (Å²) in [5.74, 6) is -1.28. The fraction of sp³-hybridized carbons (Fsp3) is 0.438. The van der Waals surface area contributed by atoms with Gasteiger partial charge in [-0.2, -0.15) is 5.10 Å². The minimum Gasteiger partial charge on any atom is -0.479 e. The summed E-state index contributed by atoms with van der Waals surface area (Å²) in [5.41, 5.74) is -0.0935. The van der Waals surface area contributed by atoms with Gasteiger partial charge in [-0.1, -0.05) is 25.3 Å². The highest BCUT2D eigenvalue weighted by atomic mass is 32.1. The highest BCUT2D eigenvalue weighted by Gasteiger charge is 2.46. The maximum atomic E-state index is 12.7. The summed E-state index contributed by atoms with van der Waals surface area (Å²) in [5, 5.41) is 18.6. The third kappa shape index (κ3) is 2.76. The minimum absolute atomic E-state index is 0.252. The number of hydrogen-bond acceptors (Lipinski definition) is 4. The first-order chi connectivity index (χ1) is 11.0. The van der Waals surface area contributed by atoms with E-state index in [1.807, 2.05) is 17.5 Å². The van der Waals surface area contributed by atoms with Crippen LogP contribution in [0, 0.1) is 0 Å². The highest BCUT2D eigenvalue weighted by molar-refractivity contribution is 7.13. The molecule has 0 saturated heterocycles. The summed E-state index contributed by atoms with van der Waals surface area (Å²) in [6.07, 6.45) is 3.65. The van der Waals surface area contributed by atoms with Crippen LogP contribution in [-0.4, -0.2) is 44.7 Å². The SMILES string of the molecule is CN(C(=O)c1cc(-c2cccs2)[nH]n1)C1(C(=O)O)CCCCC1. The zero-order valence-electron chi connectivity index (χ0n) is 12.9. The molecular weight excluding hydrogens is 314 g/mol. The van der Waals surface area contributed by atoms with Gasteiger partial charge in [0.2, 0.25) is 0 Å². The summed E-state index contributed by atoms with van der Waals surface area (Å²) in [6, 6.07) is 5.55. The molecule has 1 aliphatic rings. The molecule has 0 spiro atoms. The molecule has 6 nitrogen and oxygen atoms in total. The van der Waals surface area contributed by atoms with Crippen molar-refractivity contribution in [2.75, 3.05) is 7.05 Å². The number of carbonyl (C=O) groups is 2. The first-order valence-corrected chi connectivity index (χ1v) is 8.53. The molecule has 1 fully saturated rings. The van der Waals surface area contributed by atoms with Gasteiger partial charge in [0.15, 0.2) is 5.69 Å². The Morgan fingerprint density at radius 2 is 2.09 bits per heavy atom. The molecule has 0 atom stereocenters. The van der Waals surface area contributed by atoms with E-state index in [-0.39, 0.29) is 11.6 Å². The molecule has 7 heteroatoms. The second-order valence-electron chi connectivity index (χ2n) is 5.91. The summed E-state index contributed by atoms with van der Waals surface area (Å²) in [4.78, 5) is 26.9. The fourth-order valence-electron chi connectivity index (χ4n) is 3.18. The van der Waals surface area contributed by atoms with Gasteiger partial charge in [0, 0.05) is 7.05 Å². The van der Waals surface area contributed by atoms with E-state index in [2.05, 4.69) is 10.2 Å². The standard InChI is InChI=1S/C16H19N3O3S/c1-19(16(15(21)22)7-3-2-4-8-16)14(20)12-10-11(17-18-12)13-6-5-9-23-13/h5-6,9-10H,2-4,7-8H2,1H3,(H,17,18)(H,21,22). The normalized spacial score (nSPS) is 16.9. The Morgan fingerprint density at radius 3 is 2.70 bits per heavy atom. The van der Waals surface area contributed by atoms with Crippen molar-refractivity contribution in [3.8, 4) is 10.6 Å². The quantitative estimate of drug-likeness (QED) is 0.900. The van der Waals surface area contributed by atoms with Gasteiger partial charge in [-0.05, 0) is 30.4 Å². The number of aromatic nitrogens is 2. The number of nitrogens with zero attached hydrogens (tertiary/aromatic N) is 2. The van der Waals surface area contributed by atoms with E-state index in [0.717, 1.165) is 29.8 Å². The van der Waals surface area contributed by atoms with E-state index in [9.17, 15) is 14.7 Å². The topological polar surface area (TPSA) is 86.3 Å². The van der Waals surface area contributed by atoms with Crippen molar-refractivity contribution in [3.63, 3.8) is 0 Å². The largest absolute Gasteiger partial charge is 0.479 e. The fourth-order valence-corrected chi connectivity index (χ4v) is 3.88. The molecule has 122 valence electrons. The van der Waals surface area contributed by atoms with Gasteiger partial charge in [-0.3, -0.25) is 9.89 Å². The Labute approximate surface area is 138 Å². The van der Waals surface area contributed by atoms with Crippen molar-refractivity contribution in [1.82, 2.24) is 15.1 Å². The Balaban J connectivity index is 1.85. The number of nitrogens with one attached hydrogen (secondary N) is 1. The number of likely N-dealkylation sites (N-methyl/N-ethyl adjacent to an activating group) is 1. The summed E-state index contributed by atoms with van der Waals surface area (Å²) in [7, 11) is 1.57. The van der Waals surface area contributed by atoms with Crippen LogP contribution in [0.5, 0.6) is 0 Å². The lowest BCUT2D eigenvalue weighted by atomic mass is 9.80. The van der Waals surface area contributed by atoms with Crippen LogP contribution in [0.15, 0.2) is 23.6 Å². The summed E-state index contributed by atoms with van der Waals surface area (Å²) < 4.78 is 0. The molecular formula is C16H19N3O3S. The smallest absolute Gasteiger partial charge is 0.329 e. The second-order valence-corrected chi connectivity index (χ2v) is 6.85. The van der Waals surface area contributed by atoms with Gasteiger partial charge >= 0.3 is 5.97 Å². The van der Waals surface area contributed by atoms with Crippen molar-refractivity contribution in [2.45, 2.75) is 37.6 Å². The molecule has 0 bridgehead atoms. The van der Waals surface area contributed by atoms with Gasteiger partial charge in [-0.25, -0.2) is 4.79 Å². The van der Waals surface area contributed by atoms with E-state index in [4.69, 9.17) is 0 Å². The molecule has 2 heterocycles. The number of carboxylic acids is 1. The molecule has 0 aromatic carbocycles. The molecule has 23 heavy (non-hydrogen) atoms. The summed E-state index contributed by atoms with van der Waals surface area (Å²) >= 11 is 1.55. The van der Waals surface area contributed by atoms with Crippen LogP contribution >= 0.6 is 11.3 Å². The number of thiophene rings is 1. The zero-order chi connectivity index (χ0) is 16.4. The van der Waals surface area contributed by atoms with Crippen molar-refractivity contribution in [2.24, 2.45) is 0 Å². The average molecular weight is 333 g/mol. The summed E-state index contributed by atoms with van der Waals surface area (Å²) in [6.45, 7) is 0. The lowest BCUT2D eigenvalue weighted by Gasteiger charge is -2.40. The van der Waals surface area contributed by atoms with E-state index in [0.29, 0.717) is 12.8 Å². The maximum Gasteiger partial charge on any atom is 0.329 e. The predicted octanol–water partition coefficient (Wildman–Crippen LogP) is 3.00. The van der Waals surface area contributed by atoms with Crippen molar-refractivity contribution in [1.29, 1.82) is 0 Å². The van der Waals surface area contributed by atoms with Gasteiger partial charge in [0.05, 0.1) is 10.6 Å². The third-order valence-electron chi connectivity index (χ3n) is 4.61. The zero-order valence-corrected chi connectivity index (χ0v) is 13.7. The van der Waals surface area contributed by atoms with Crippen LogP contribution in [0.2, 0.25) is 0 Å². The maximum absolute atomic E-state index is 12.7. The lowest BCUT2D eigenvalue weighted by Crippen LogP contribution is -2.56. The Kier molecular flexibility index (Phi) is 4.21. The first kappa shape index (κ1) is 15.7. The molecule has 1 amide bonds. The van der Waals surface area contributed by atoms with Gasteiger partial charge in [-0.15, -0.1) is 11.3 Å². The van der Waals surface area contributed by atoms with Crippen LogP contribution in [0.3, 0.4) is 0 Å². The van der Waals surface area contributed by atoms with Crippen LogP contribution in [-0.2, 0) is 4.79 Å². The van der Waals surface area contributed by atoms with Gasteiger partial charge in [0.25, 0.3) is 5.91 Å². The van der Waals surface area contributed by atoms with Crippen molar-refractivity contribution < 1.29 is 14.7 Å². The number of carbonyl (C=O) groups excluding carboxylic acids is 1. The average Bonchev–Trinajstić information content (AvgIpc) is 3.24. The Bertz CT molecular complexity index is 702. The molecule has 1 aliphatic carbocycles.